The molecule has 27 heavy (non-hydrogen) atoms. The van der Waals surface area contributed by atoms with Crippen molar-refractivity contribution >= 4 is 12.1 Å². The van der Waals surface area contributed by atoms with Gasteiger partial charge in [-0.1, -0.05) is 30.3 Å². The van der Waals surface area contributed by atoms with E-state index in [1.54, 1.807) is 32.6 Å². The molecule has 6 nitrogen and oxygen atoms in total. The molecule has 1 amide bonds. The van der Waals surface area contributed by atoms with Gasteiger partial charge in [0.15, 0.2) is 11.5 Å². The summed E-state index contributed by atoms with van der Waals surface area (Å²) in [7, 11) is 3.16. The Bertz CT molecular complexity index is 822. The SMILES string of the molecule is CCO[C@]1(c2ccccc2)C[C@H]1C(=O)N/N=C\c1ccc(OC)c(OC)c1. The molecule has 0 saturated heterocycles. The van der Waals surface area contributed by atoms with Crippen LogP contribution in [0.2, 0.25) is 0 Å². The number of amides is 1. The van der Waals surface area contributed by atoms with Crippen LogP contribution in [0.4, 0.5) is 0 Å². The number of ether oxygens (including phenoxy) is 3. The molecule has 0 spiro atoms. The van der Waals surface area contributed by atoms with Crippen LogP contribution in [0.25, 0.3) is 0 Å². The van der Waals surface area contributed by atoms with E-state index in [1.807, 2.05) is 43.3 Å². The van der Waals surface area contributed by atoms with E-state index in [9.17, 15) is 4.79 Å². The Labute approximate surface area is 159 Å². The molecule has 1 fully saturated rings. The van der Waals surface area contributed by atoms with E-state index in [0.29, 0.717) is 24.5 Å². The zero-order valence-electron chi connectivity index (χ0n) is 15.8. The summed E-state index contributed by atoms with van der Waals surface area (Å²) in [4.78, 5) is 12.5. The molecule has 0 heterocycles. The maximum Gasteiger partial charge on any atom is 0.246 e. The van der Waals surface area contributed by atoms with Gasteiger partial charge in [-0.05, 0) is 42.7 Å². The van der Waals surface area contributed by atoms with Crippen LogP contribution in [0.15, 0.2) is 53.6 Å². The van der Waals surface area contributed by atoms with Gasteiger partial charge in [-0.2, -0.15) is 5.10 Å². The summed E-state index contributed by atoms with van der Waals surface area (Å²) in [6.45, 7) is 2.49. The smallest absolute Gasteiger partial charge is 0.246 e. The molecule has 0 radical (unpaired) electrons. The lowest BCUT2D eigenvalue weighted by Crippen LogP contribution is -2.26. The summed E-state index contributed by atoms with van der Waals surface area (Å²) < 4.78 is 16.4. The van der Waals surface area contributed by atoms with Gasteiger partial charge in [-0.3, -0.25) is 4.79 Å². The molecule has 0 unspecified atom stereocenters. The first-order valence-electron chi connectivity index (χ1n) is 8.89. The van der Waals surface area contributed by atoms with Crippen molar-refractivity contribution in [2.45, 2.75) is 18.9 Å². The molecule has 6 heteroatoms. The number of hydrogen-bond acceptors (Lipinski definition) is 5. The number of hydrogen-bond donors (Lipinski definition) is 1. The monoisotopic (exact) mass is 368 g/mol. The van der Waals surface area contributed by atoms with Crippen molar-refractivity contribution in [3.05, 3.63) is 59.7 Å². The van der Waals surface area contributed by atoms with E-state index in [0.717, 1.165) is 11.1 Å². The Kier molecular flexibility index (Phi) is 5.76. The molecular weight excluding hydrogens is 344 g/mol. The lowest BCUT2D eigenvalue weighted by atomic mass is 10.1. The van der Waals surface area contributed by atoms with Crippen LogP contribution in [-0.4, -0.2) is 32.9 Å². The average molecular weight is 368 g/mol. The number of benzene rings is 2. The van der Waals surface area contributed by atoms with E-state index in [-0.39, 0.29) is 11.8 Å². The fourth-order valence-electron chi connectivity index (χ4n) is 3.27. The molecular formula is C21H24N2O4. The fraction of sp³-hybridized carbons (Fsp3) is 0.333. The normalized spacial score (nSPS) is 21.1. The highest BCUT2D eigenvalue weighted by Crippen LogP contribution is 2.55. The second kappa shape index (κ2) is 8.22. The summed E-state index contributed by atoms with van der Waals surface area (Å²) in [5, 5.41) is 4.08. The number of methoxy groups -OCH3 is 2. The number of carbonyl (C=O) groups excluding carboxylic acids is 1. The quantitative estimate of drug-likeness (QED) is 0.574. The molecule has 2 aromatic rings. The Balaban J connectivity index is 1.65. The Hall–Kier alpha value is -2.86. The van der Waals surface area contributed by atoms with Gasteiger partial charge in [0.2, 0.25) is 5.91 Å². The fourth-order valence-corrected chi connectivity index (χ4v) is 3.27. The molecule has 0 aromatic heterocycles. The highest BCUT2D eigenvalue weighted by atomic mass is 16.5. The molecule has 3 rings (SSSR count). The molecule has 1 aliphatic carbocycles. The predicted molar refractivity (Wildman–Crippen MR) is 103 cm³/mol. The van der Waals surface area contributed by atoms with E-state index >= 15 is 0 Å². The van der Waals surface area contributed by atoms with Crippen molar-refractivity contribution in [1.29, 1.82) is 0 Å². The van der Waals surface area contributed by atoms with Crippen molar-refractivity contribution < 1.29 is 19.0 Å². The zero-order chi connectivity index (χ0) is 19.3. The molecule has 1 aliphatic rings. The van der Waals surface area contributed by atoms with E-state index in [1.165, 1.54) is 0 Å². The average Bonchev–Trinajstić information content (AvgIpc) is 3.44. The number of nitrogens with one attached hydrogen (secondary N) is 1. The van der Waals surface area contributed by atoms with Crippen LogP contribution in [0.3, 0.4) is 0 Å². The lowest BCUT2D eigenvalue weighted by Gasteiger charge is -2.17. The van der Waals surface area contributed by atoms with Gasteiger partial charge in [0.05, 0.1) is 26.4 Å². The molecule has 2 atom stereocenters. The summed E-state index contributed by atoms with van der Waals surface area (Å²) in [6, 6.07) is 15.3. The number of rotatable bonds is 8. The first-order valence-corrected chi connectivity index (χ1v) is 8.89. The van der Waals surface area contributed by atoms with Crippen LogP contribution < -0.4 is 14.9 Å². The van der Waals surface area contributed by atoms with Crippen LogP contribution in [0.5, 0.6) is 11.5 Å². The summed E-state index contributed by atoms with van der Waals surface area (Å²) >= 11 is 0. The lowest BCUT2D eigenvalue weighted by molar-refractivity contribution is -0.124. The Morgan fingerprint density at radius 3 is 2.59 bits per heavy atom. The molecule has 1 saturated carbocycles. The second-order valence-electron chi connectivity index (χ2n) is 6.29. The van der Waals surface area contributed by atoms with Gasteiger partial charge >= 0.3 is 0 Å². The first-order chi connectivity index (χ1) is 13.1. The van der Waals surface area contributed by atoms with Crippen LogP contribution in [-0.2, 0) is 15.1 Å². The van der Waals surface area contributed by atoms with Gasteiger partial charge < -0.3 is 14.2 Å². The Morgan fingerprint density at radius 2 is 1.93 bits per heavy atom. The topological polar surface area (TPSA) is 69.2 Å². The largest absolute Gasteiger partial charge is 0.493 e. The predicted octanol–water partition coefficient (Wildman–Crippen LogP) is 3.11. The summed E-state index contributed by atoms with van der Waals surface area (Å²) in [5.41, 5.74) is 3.90. The minimum atomic E-state index is -0.543. The number of nitrogens with zero attached hydrogens (tertiary/aromatic N) is 1. The van der Waals surface area contributed by atoms with Gasteiger partial charge in [0.1, 0.15) is 5.60 Å². The second-order valence-corrected chi connectivity index (χ2v) is 6.29. The molecule has 2 aromatic carbocycles. The third-order valence-corrected chi connectivity index (χ3v) is 4.69. The molecule has 1 N–H and O–H groups in total. The zero-order valence-corrected chi connectivity index (χ0v) is 15.8. The molecule has 142 valence electrons. The highest BCUT2D eigenvalue weighted by Gasteiger charge is 2.60. The Morgan fingerprint density at radius 1 is 1.19 bits per heavy atom. The minimum Gasteiger partial charge on any atom is -0.493 e. The first kappa shape index (κ1) is 18.9. The van der Waals surface area contributed by atoms with Crippen LogP contribution in [0, 0.1) is 5.92 Å². The van der Waals surface area contributed by atoms with Crippen molar-refractivity contribution in [3.8, 4) is 11.5 Å². The standard InChI is InChI=1S/C21H24N2O4/c1-4-27-21(16-8-6-5-7-9-16)13-17(21)20(24)23-22-14-15-10-11-18(25-2)19(12-15)26-3/h5-12,14,17H,4,13H2,1-3H3,(H,23,24)/b22-14-/t17-,21-/m0/s1. The third kappa shape index (κ3) is 3.95. The maximum absolute atomic E-state index is 12.5. The van der Waals surface area contributed by atoms with Crippen molar-refractivity contribution in [2.24, 2.45) is 11.0 Å². The van der Waals surface area contributed by atoms with Gasteiger partial charge in [-0.15, -0.1) is 0 Å². The van der Waals surface area contributed by atoms with E-state index in [4.69, 9.17) is 14.2 Å². The van der Waals surface area contributed by atoms with Gasteiger partial charge in [0, 0.05) is 6.61 Å². The van der Waals surface area contributed by atoms with Gasteiger partial charge in [-0.25, -0.2) is 5.43 Å². The minimum absolute atomic E-state index is 0.149. The molecule has 0 bridgehead atoms. The summed E-state index contributed by atoms with van der Waals surface area (Å²) in [6.07, 6.45) is 2.23. The highest BCUT2D eigenvalue weighted by molar-refractivity contribution is 5.86. The van der Waals surface area contributed by atoms with Crippen LogP contribution >= 0.6 is 0 Å². The van der Waals surface area contributed by atoms with Gasteiger partial charge in [0.25, 0.3) is 0 Å². The maximum atomic E-state index is 12.5. The van der Waals surface area contributed by atoms with E-state index < -0.39 is 5.60 Å². The van der Waals surface area contributed by atoms with E-state index in [2.05, 4.69) is 10.5 Å². The number of carbonyl (C=O) groups is 1. The van der Waals surface area contributed by atoms with Crippen molar-refractivity contribution in [1.82, 2.24) is 5.43 Å². The summed E-state index contributed by atoms with van der Waals surface area (Å²) in [5.74, 6) is 0.849. The van der Waals surface area contributed by atoms with Crippen LogP contribution in [0.1, 0.15) is 24.5 Å². The third-order valence-electron chi connectivity index (χ3n) is 4.69. The number of hydrazone groups is 1. The molecule has 0 aliphatic heterocycles. The van der Waals surface area contributed by atoms with Crippen molar-refractivity contribution in [2.75, 3.05) is 20.8 Å². The van der Waals surface area contributed by atoms with Crippen molar-refractivity contribution in [3.63, 3.8) is 0 Å².